The molecule has 0 unspecified atom stereocenters. The average Bonchev–Trinajstić information content (AvgIpc) is 2.70. The van der Waals surface area contributed by atoms with E-state index in [0.29, 0.717) is 5.56 Å². The number of nitrogens with zero attached hydrogens (tertiary/aromatic N) is 2. The summed E-state index contributed by atoms with van der Waals surface area (Å²) in [6.45, 7) is -0.344. The number of hydrogen-bond acceptors (Lipinski definition) is 4. The zero-order valence-corrected chi connectivity index (χ0v) is 8.20. The molecule has 0 saturated carbocycles. The lowest BCUT2D eigenvalue weighted by molar-refractivity contribution is 0.222. The number of aliphatic hydroxyl groups is 1. The van der Waals surface area contributed by atoms with E-state index in [1.54, 1.807) is 6.07 Å². The van der Waals surface area contributed by atoms with E-state index in [9.17, 15) is 4.39 Å². The summed E-state index contributed by atoms with van der Waals surface area (Å²) >= 11 is 5.52. The van der Waals surface area contributed by atoms with Gasteiger partial charge in [0.05, 0.1) is 5.02 Å². The fourth-order valence-corrected chi connectivity index (χ4v) is 1.19. The van der Waals surface area contributed by atoms with Crippen molar-refractivity contribution in [3.05, 3.63) is 34.9 Å². The normalized spacial score (nSPS) is 10.6. The molecule has 0 aliphatic rings. The van der Waals surface area contributed by atoms with E-state index in [1.165, 1.54) is 12.1 Å². The molecule has 0 fully saturated rings. The first-order valence-corrected chi connectivity index (χ1v) is 4.47. The number of halogens is 2. The van der Waals surface area contributed by atoms with Gasteiger partial charge in [0.15, 0.2) is 0 Å². The van der Waals surface area contributed by atoms with Crippen molar-refractivity contribution in [2.24, 2.45) is 0 Å². The Hall–Kier alpha value is -1.46. The van der Waals surface area contributed by atoms with Gasteiger partial charge in [0.2, 0.25) is 5.82 Å². The lowest BCUT2D eigenvalue weighted by atomic mass is 10.2. The number of aromatic nitrogens is 2. The zero-order chi connectivity index (χ0) is 10.8. The van der Waals surface area contributed by atoms with Gasteiger partial charge in [-0.1, -0.05) is 16.8 Å². The summed E-state index contributed by atoms with van der Waals surface area (Å²) in [6.07, 6.45) is 0. The fraction of sp³-hybridized carbons (Fsp3) is 0.111. The third kappa shape index (κ3) is 1.98. The van der Waals surface area contributed by atoms with Gasteiger partial charge in [0.25, 0.3) is 5.89 Å². The minimum atomic E-state index is -0.551. The molecule has 0 aliphatic heterocycles. The van der Waals surface area contributed by atoms with Crippen molar-refractivity contribution in [2.75, 3.05) is 0 Å². The smallest absolute Gasteiger partial charge is 0.252 e. The van der Waals surface area contributed by atoms with E-state index in [-0.39, 0.29) is 23.3 Å². The first kappa shape index (κ1) is 10.1. The molecule has 0 spiro atoms. The zero-order valence-electron chi connectivity index (χ0n) is 7.44. The van der Waals surface area contributed by atoms with Crippen LogP contribution in [-0.4, -0.2) is 15.2 Å². The predicted octanol–water partition coefficient (Wildman–Crippen LogP) is 2.02. The van der Waals surface area contributed by atoms with Gasteiger partial charge in [-0.3, -0.25) is 0 Å². The Kier molecular flexibility index (Phi) is 2.66. The number of aliphatic hydroxyl groups excluding tert-OH is 1. The summed E-state index contributed by atoms with van der Waals surface area (Å²) in [5.74, 6) is -0.250. The largest absolute Gasteiger partial charge is 0.387 e. The summed E-state index contributed by atoms with van der Waals surface area (Å²) in [5.41, 5.74) is 0.445. The molecule has 0 radical (unpaired) electrons. The van der Waals surface area contributed by atoms with Crippen LogP contribution in [0, 0.1) is 5.82 Å². The molecule has 2 rings (SSSR count). The second kappa shape index (κ2) is 3.96. The van der Waals surface area contributed by atoms with Crippen molar-refractivity contribution in [3.8, 4) is 11.4 Å². The summed E-state index contributed by atoms with van der Waals surface area (Å²) in [7, 11) is 0. The van der Waals surface area contributed by atoms with Crippen LogP contribution in [0.3, 0.4) is 0 Å². The first-order valence-electron chi connectivity index (χ1n) is 4.09. The molecular formula is C9H6ClFN2O2. The van der Waals surface area contributed by atoms with E-state index in [1.807, 2.05) is 0 Å². The lowest BCUT2D eigenvalue weighted by Crippen LogP contribution is -1.85. The predicted molar refractivity (Wildman–Crippen MR) is 50.6 cm³/mol. The highest BCUT2D eigenvalue weighted by molar-refractivity contribution is 6.30. The van der Waals surface area contributed by atoms with Crippen LogP contribution in [0.4, 0.5) is 4.39 Å². The van der Waals surface area contributed by atoms with Crippen molar-refractivity contribution < 1.29 is 14.0 Å². The molecule has 78 valence electrons. The number of rotatable bonds is 2. The molecule has 15 heavy (non-hydrogen) atoms. The Bertz CT molecular complexity index is 487. The summed E-state index contributed by atoms with van der Waals surface area (Å²) < 4.78 is 17.8. The van der Waals surface area contributed by atoms with Gasteiger partial charge < -0.3 is 9.63 Å². The molecule has 1 N–H and O–H groups in total. The lowest BCUT2D eigenvalue weighted by Gasteiger charge is -1.96. The number of hydrogen-bond donors (Lipinski definition) is 1. The molecule has 0 bridgehead atoms. The van der Waals surface area contributed by atoms with Gasteiger partial charge in [-0.2, -0.15) is 4.98 Å². The van der Waals surface area contributed by atoms with Crippen LogP contribution in [0.1, 0.15) is 5.89 Å². The Morgan fingerprint density at radius 2 is 2.27 bits per heavy atom. The molecule has 0 aliphatic carbocycles. The number of benzene rings is 1. The molecule has 0 amide bonds. The third-order valence-corrected chi connectivity index (χ3v) is 2.09. The van der Waals surface area contributed by atoms with Crippen molar-refractivity contribution in [2.45, 2.75) is 6.61 Å². The highest BCUT2D eigenvalue weighted by atomic mass is 35.5. The van der Waals surface area contributed by atoms with E-state index in [2.05, 4.69) is 14.7 Å². The quantitative estimate of drug-likeness (QED) is 0.854. The topological polar surface area (TPSA) is 59.2 Å². The van der Waals surface area contributed by atoms with Gasteiger partial charge in [-0.15, -0.1) is 0 Å². The van der Waals surface area contributed by atoms with E-state index in [0.717, 1.165) is 0 Å². The maximum absolute atomic E-state index is 13.1. The molecule has 6 heteroatoms. The maximum atomic E-state index is 13.1. The molecule has 1 aromatic carbocycles. The minimum absolute atomic E-state index is 0.0321. The van der Waals surface area contributed by atoms with E-state index >= 15 is 0 Å². The summed E-state index contributed by atoms with van der Waals surface area (Å²) in [6, 6.07) is 4.17. The Balaban J connectivity index is 2.40. The third-order valence-electron chi connectivity index (χ3n) is 1.78. The van der Waals surface area contributed by atoms with Gasteiger partial charge >= 0.3 is 0 Å². The molecule has 0 saturated heterocycles. The van der Waals surface area contributed by atoms with Gasteiger partial charge in [-0.25, -0.2) is 4.39 Å². The molecule has 1 heterocycles. The summed E-state index contributed by atoms with van der Waals surface area (Å²) in [5, 5.41) is 12.3. The van der Waals surface area contributed by atoms with Crippen molar-refractivity contribution in [3.63, 3.8) is 0 Å². The van der Waals surface area contributed by atoms with Crippen molar-refractivity contribution in [1.29, 1.82) is 0 Å². The Morgan fingerprint density at radius 3 is 2.87 bits per heavy atom. The van der Waals surface area contributed by atoms with Crippen molar-refractivity contribution in [1.82, 2.24) is 10.1 Å². The standard InChI is InChI=1S/C9H6ClFN2O2/c10-6-2-1-5(3-7(6)11)9-12-8(4-14)15-13-9/h1-3,14H,4H2. The second-order valence-electron chi connectivity index (χ2n) is 2.80. The molecule has 1 aromatic heterocycles. The van der Waals surface area contributed by atoms with Crippen molar-refractivity contribution >= 4 is 11.6 Å². The second-order valence-corrected chi connectivity index (χ2v) is 3.21. The molecule has 0 atom stereocenters. The monoisotopic (exact) mass is 228 g/mol. The molecular weight excluding hydrogens is 223 g/mol. The molecule has 4 nitrogen and oxygen atoms in total. The average molecular weight is 229 g/mol. The van der Waals surface area contributed by atoms with Crippen LogP contribution >= 0.6 is 11.6 Å². The first-order chi connectivity index (χ1) is 7.20. The highest BCUT2D eigenvalue weighted by Crippen LogP contribution is 2.21. The van der Waals surface area contributed by atoms with E-state index < -0.39 is 5.82 Å². The van der Waals surface area contributed by atoms with Crippen LogP contribution in [-0.2, 0) is 6.61 Å². The highest BCUT2D eigenvalue weighted by Gasteiger charge is 2.09. The molecule has 2 aromatic rings. The van der Waals surface area contributed by atoms with Crippen LogP contribution in [0.5, 0.6) is 0 Å². The Morgan fingerprint density at radius 1 is 1.47 bits per heavy atom. The van der Waals surface area contributed by atoms with E-state index in [4.69, 9.17) is 16.7 Å². The van der Waals surface area contributed by atoms with Crippen LogP contribution in [0.2, 0.25) is 5.02 Å². The van der Waals surface area contributed by atoms with Gasteiger partial charge in [-0.05, 0) is 18.2 Å². The van der Waals surface area contributed by atoms with Crippen LogP contribution in [0.25, 0.3) is 11.4 Å². The van der Waals surface area contributed by atoms with Crippen LogP contribution in [0.15, 0.2) is 22.7 Å². The Labute approximate surface area is 89.3 Å². The summed E-state index contributed by atoms with van der Waals surface area (Å²) in [4.78, 5) is 3.83. The van der Waals surface area contributed by atoms with Crippen LogP contribution < -0.4 is 0 Å². The maximum Gasteiger partial charge on any atom is 0.252 e. The van der Waals surface area contributed by atoms with Gasteiger partial charge in [0, 0.05) is 5.56 Å². The minimum Gasteiger partial charge on any atom is -0.387 e. The fourth-order valence-electron chi connectivity index (χ4n) is 1.07. The SMILES string of the molecule is OCc1nc(-c2ccc(Cl)c(F)c2)no1. The van der Waals surface area contributed by atoms with Gasteiger partial charge in [0.1, 0.15) is 12.4 Å².